The lowest BCUT2D eigenvalue weighted by Gasteiger charge is -2.24. The van der Waals surface area contributed by atoms with E-state index >= 15 is 0 Å². The van der Waals surface area contributed by atoms with Crippen molar-refractivity contribution in [1.82, 2.24) is 4.31 Å². The largest absolute Gasteiger partial charge is 0.495 e. The first-order valence-electron chi connectivity index (χ1n) is 12.9. The Morgan fingerprint density at radius 2 is 1.56 bits per heavy atom. The van der Waals surface area contributed by atoms with E-state index in [-0.39, 0.29) is 29.3 Å². The van der Waals surface area contributed by atoms with Crippen LogP contribution in [0, 0.1) is 0 Å². The molecule has 0 saturated carbocycles. The molecule has 0 saturated heterocycles. The molecule has 0 aliphatic heterocycles. The van der Waals surface area contributed by atoms with Crippen molar-refractivity contribution < 1.29 is 45.8 Å². The summed E-state index contributed by atoms with van der Waals surface area (Å²) in [6, 6.07) is 20.9. The number of sulfonamides is 1. The van der Waals surface area contributed by atoms with Crippen molar-refractivity contribution in [2.24, 2.45) is 0 Å². The van der Waals surface area contributed by atoms with Gasteiger partial charge in [0.2, 0.25) is 10.0 Å². The van der Waals surface area contributed by atoms with Crippen LogP contribution >= 0.6 is 35.1 Å². The lowest BCUT2D eigenvalue weighted by molar-refractivity contribution is 0.0565. The summed E-state index contributed by atoms with van der Waals surface area (Å²) in [5.74, 6) is -0.423. The van der Waals surface area contributed by atoms with E-state index in [0.717, 1.165) is 28.1 Å². The Hall–Kier alpha value is -3.16. The average Bonchev–Trinajstić information content (AvgIpc) is 2.99. The van der Waals surface area contributed by atoms with E-state index in [1.54, 1.807) is 42.5 Å². The predicted molar refractivity (Wildman–Crippen MR) is 168 cm³/mol. The lowest BCUT2D eigenvalue weighted by Crippen LogP contribution is -2.30. The lowest BCUT2D eigenvalue weighted by atomic mass is 10.0. The molecule has 2 N–H and O–H groups in total. The quantitative estimate of drug-likeness (QED) is 0.122. The van der Waals surface area contributed by atoms with Crippen LogP contribution in [0.5, 0.6) is 5.75 Å². The number of carbonyl (C=O) groups is 1. The molecule has 0 unspecified atom stereocenters. The zero-order valence-electron chi connectivity index (χ0n) is 23.7. The van der Waals surface area contributed by atoms with E-state index in [1.807, 2.05) is 6.07 Å². The molecule has 0 fully saturated rings. The van der Waals surface area contributed by atoms with Gasteiger partial charge in [-0.15, -0.1) is 0 Å². The smallest absolute Gasteiger partial charge is 0.399 e. The molecule has 4 aromatic rings. The summed E-state index contributed by atoms with van der Waals surface area (Å²) >= 11 is 9.42. The maximum atomic E-state index is 14.4. The molecule has 0 atom stereocenters. The standard InChI is InChI=1S/C30H26BrClF2NO8PS/c1-42-27-5-3-4-6-28(27)45(40,41)35(18-20-9-12-25(26(32)13-20)30(33,34)44(37,38)39)17-19-7-10-21(11-8-19)22-14-23(29(36)43-2)16-24(31)15-22/h3-16H,17-18H2,1-2H3,(H2,37,38,39). The molecule has 45 heavy (non-hydrogen) atoms. The summed E-state index contributed by atoms with van der Waals surface area (Å²) in [4.78, 5) is 30.2. The van der Waals surface area contributed by atoms with Crippen LogP contribution in [0.3, 0.4) is 0 Å². The topological polar surface area (TPSA) is 130 Å². The number of esters is 1. The highest BCUT2D eigenvalue weighted by molar-refractivity contribution is 9.10. The summed E-state index contributed by atoms with van der Waals surface area (Å²) in [6.45, 7) is -0.498. The molecule has 0 heterocycles. The minimum absolute atomic E-state index is 0.0866. The molecule has 9 nitrogen and oxygen atoms in total. The van der Waals surface area contributed by atoms with Crippen LogP contribution in [0.4, 0.5) is 8.78 Å². The number of hydrogen-bond acceptors (Lipinski definition) is 6. The number of ether oxygens (including phenoxy) is 2. The molecule has 0 aliphatic carbocycles. The number of methoxy groups -OCH3 is 2. The van der Waals surface area contributed by atoms with Gasteiger partial charge in [-0.3, -0.25) is 4.57 Å². The summed E-state index contributed by atoms with van der Waals surface area (Å²) in [5.41, 5.74) is -3.10. The number of benzene rings is 4. The van der Waals surface area contributed by atoms with Crippen molar-refractivity contribution in [3.63, 3.8) is 0 Å². The molecule has 0 radical (unpaired) electrons. The maximum Gasteiger partial charge on any atom is 0.399 e. The van der Waals surface area contributed by atoms with Gasteiger partial charge in [-0.1, -0.05) is 76.1 Å². The normalized spacial score (nSPS) is 12.3. The summed E-state index contributed by atoms with van der Waals surface area (Å²) < 4.78 is 79.9. The number of alkyl halides is 2. The van der Waals surface area contributed by atoms with Gasteiger partial charge < -0.3 is 19.3 Å². The Morgan fingerprint density at radius 3 is 2.16 bits per heavy atom. The minimum atomic E-state index is -5.88. The number of carbonyl (C=O) groups excluding carboxylic acids is 1. The van der Waals surface area contributed by atoms with Crippen LogP contribution in [0.1, 0.15) is 27.0 Å². The number of halogens is 4. The molecule has 0 aromatic heterocycles. The van der Waals surface area contributed by atoms with Gasteiger partial charge in [-0.25, -0.2) is 13.2 Å². The second-order valence-electron chi connectivity index (χ2n) is 9.74. The Labute approximate surface area is 271 Å². The molecule has 15 heteroatoms. The fraction of sp³-hybridized carbons (Fsp3) is 0.167. The molecular formula is C30H26BrClF2NO8PS. The van der Waals surface area contributed by atoms with Gasteiger partial charge >= 0.3 is 19.2 Å². The third-order valence-corrected chi connectivity index (χ3v) is 10.3. The van der Waals surface area contributed by atoms with Gasteiger partial charge in [0.1, 0.15) is 10.6 Å². The van der Waals surface area contributed by atoms with E-state index in [2.05, 4.69) is 15.9 Å². The SMILES string of the molecule is COC(=O)c1cc(Br)cc(-c2ccc(CN(Cc3ccc(C(F)(F)P(=O)(O)O)c(Cl)c3)S(=O)(=O)c3ccccc3OC)cc2)c1. The van der Waals surface area contributed by atoms with E-state index in [1.165, 1.54) is 32.4 Å². The summed E-state index contributed by atoms with van der Waals surface area (Å²) in [6.07, 6.45) is 0. The van der Waals surface area contributed by atoms with Crippen LogP contribution in [0.2, 0.25) is 5.02 Å². The number of hydrogen-bond donors (Lipinski definition) is 2. The van der Waals surface area contributed by atoms with Crippen molar-refractivity contribution in [2.75, 3.05) is 14.2 Å². The van der Waals surface area contributed by atoms with E-state index in [9.17, 15) is 26.6 Å². The van der Waals surface area contributed by atoms with Crippen LogP contribution < -0.4 is 4.74 Å². The molecule has 0 amide bonds. The highest BCUT2D eigenvalue weighted by Gasteiger charge is 2.51. The first-order chi connectivity index (χ1) is 21.1. The second kappa shape index (κ2) is 13.7. The van der Waals surface area contributed by atoms with Crippen molar-refractivity contribution in [3.05, 3.63) is 117 Å². The fourth-order valence-corrected chi connectivity index (χ4v) is 7.42. The Kier molecular flexibility index (Phi) is 10.6. The number of para-hydroxylation sites is 1. The molecule has 0 aliphatic rings. The molecule has 238 valence electrons. The second-order valence-corrected chi connectivity index (χ2v) is 14.6. The third kappa shape index (κ3) is 7.63. The predicted octanol–water partition coefficient (Wildman–Crippen LogP) is 7.18. The number of nitrogens with zero attached hydrogens (tertiary/aromatic N) is 1. The van der Waals surface area contributed by atoms with Crippen LogP contribution in [-0.4, -0.2) is 42.7 Å². The average molecular weight is 745 g/mol. The first-order valence-corrected chi connectivity index (χ1v) is 17.1. The van der Waals surface area contributed by atoms with Gasteiger partial charge in [-0.2, -0.15) is 13.1 Å². The summed E-state index contributed by atoms with van der Waals surface area (Å²) in [7, 11) is -7.55. The molecular weight excluding hydrogens is 719 g/mol. The minimum Gasteiger partial charge on any atom is -0.495 e. The highest BCUT2D eigenvalue weighted by Crippen LogP contribution is 2.60. The van der Waals surface area contributed by atoms with E-state index < -0.39 is 39.8 Å². The van der Waals surface area contributed by atoms with Gasteiger partial charge in [0.25, 0.3) is 0 Å². The van der Waals surface area contributed by atoms with Gasteiger partial charge in [0.05, 0.1) is 30.4 Å². The zero-order valence-corrected chi connectivity index (χ0v) is 27.7. The van der Waals surface area contributed by atoms with Crippen molar-refractivity contribution in [2.45, 2.75) is 23.6 Å². The first kappa shape index (κ1) is 34.7. The Balaban J connectivity index is 1.72. The maximum absolute atomic E-state index is 14.4. The third-order valence-electron chi connectivity index (χ3n) is 6.73. The molecule has 0 spiro atoms. The Bertz CT molecular complexity index is 1890. The molecule has 4 aromatic carbocycles. The van der Waals surface area contributed by atoms with Crippen molar-refractivity contribution in [3.8, 4) is 16.9 Å². The zero-order chi connectivity index (χ0) is 33.2. The van der Waals surface area contributed by atoms with E-state index in [4.69, 9.17) is 30.9 Å². The van der Waals surface area contributed by atoms with Gasteiger partial charge in [-0.05, 0) is 58.7 Å². The number of rotatable bonds is 11. The van der Waals surface area contributed by atoms with Crippen LogP contribution in [0.25, 0.3) is 11.1 Å². The monoisotopic (exact) mass is 743 g/mol. The Morgan fingerprint density at radius 1 is 0.933 bits per heavy atom. The van der Waals surface area contributed by atoms with Crippen molar-refractivity contribution >= 4 is 51.1 Å². The van der Waals surface area contributed by atoms with Gasteiger partial charge in [0.15, 0.2) is 0 Å². The molecule has 0 bridgehead atoms. The van der Waals surface area contributed by atoms with Crippen molar-refractivity contribution in [1.29, 1.82) is 0 Å². The fourth-order valence-electron chi connectivity index (χ4n) is 4.46. The van der Waals surface area contributed by atoms with Gasteiger partial charge in [0, 0.05) is 17.6 Å². The van der Waals surface area contributed by atoms with E-state index in [0.29, 0.717) is 21.2 Å². The summed E-state index contributed by atoms with van der Waals surface area (Å²) in [5, 5.41) is -0.639. The molecule has 4 rings (SSSR count). The van der Waals surface area contributed by atoms with Crippen LogP contribution in [-0.2, 0) is 38.1 Å². The van der Waals surface area contributed by atoms with Crippen LogP contribution in [0.15, 0.2) is 94.3 Å². The highest BCUT2D eigenvalue weighted by atomic mass is 79.9.